The van der Waals surface area contributed by atoms with E-state index in [2.05, 4.69) is 0 Å². The first kappa shape index (κ1) is 16.2. The zero-order valence-corrected chi connectivity index (χ0v) is 13.7. The highest BCUT2D eigenvalue weighted by Crippen LogP contribution is 2.30. The molecule has 0 atom stereocenters. The van der Waals surface area contributed by atoms with Gasteiger partial charge in [0.2, 0.25) is 10.0 Å². The molecule has 2 rings (SSSR count). The summed E-state index contributed by atoms with van der Waals surface area (Å²) in [5, 5.41) is 11.1. The summed E-state index contributed by atoms with van der Waals surface area (Å²) in [7, 11) is -3.60. The van der Waals surface area contributed by atoms with Crippen molar-refractivity contribution in [3.05, 3.63) is 51.7 Å². The SMILES string of the molecule is CCN(Cc1ccccc1)S(=O)(=O)c1c(C)csc1CO. The van der Waals surface area contributed by atoms with Crippen LogP contribution in [0.4, 0.5) is 0 Å². The third kappa shape index (κ3) is 3.35. The zero-order valence-electron chi connectivity index (χ0n) is 12.1. The van der Waals surface area contributed by atoms with Crippen LogP contribution in [0.2, 0.25) is 0 Å². The van der Waals surface area contributed by atoms with Gasteiger partial charge in [-0.2, -0.15) is 4.31 Å². The fourth-order valence-corrected chi connectivity index (χ4v) is 5.28. The number of nitrogens with zero attached hydrogens (tertiary/aromatic N) is 1. The van der Waals surface area contributed by atoms with Crippen molar-refractivity contribution in [3.63, 3.8) is 0 Å². The molecule has 4 nitrogen and oxygen atoms in total. The van der Waals surface area contributed by atoms with E-state index >= 15 is 0 Å². The summed E-state index contributed by atoms with van der Waals surface area (Å²) >= 11 is 1.28. The molecule has 1 aromatic carbocycles. The first-order chi connectivity index (χ1) is 10.0. The van der Waals surface area contributed by atoms with Crippen LogP contribution in [0.15, 0.2) is 40.6 Å². The van der Waals surface area contributed by atoms with E-state index in [9.17, 15) is 13.5 Å². The largest absolute Gasteiger partial charge is 0.391 e. The molecule has 1 heterocycles. The molecule has 0 bridgehead atoms. The van der Waals surface area contributed by atoms with Crippen LogP contribution in [0.1, 0.15) is 22.9 Å². The first-order valence-electron chi connectivity index (χ1n) is 6.72. The average molecular weight is 325 g/mol. The van der Waals surface area contributed by atoms with Gasteiger partial charge in [0.05, 0.1) is 11.5 Å². The third-order valence-corrected chi connectivity index (χ3v) is 6.66. The van der Waals surface area contributed by atoms with Crippen LogP contribution in [0.25, 0.3) is 0 Å². The Morgan fingerprint density at radius 2 is 1.90 bits per heavy atom. The summed E-state index contributed by atoms with van der Waals surface area (Å²) in [5.41, 5.74) is 1.64. The van der Waals surface area contributed by atoms with Gasteiger partial charge in [0, 0.05) is 13.1 Å². The van der Waals surface area contributed by atoms with Gasteiger partial charge >= 0.3 is 0 Å². The molecular weight excluding hydrogens is 306 g/mol. The lowest BCUT2D eigenvalue weighted by Crippen LogP contribution is -2.31. The summed E-state index contributed by atoms with van der Waals surface area (Å²) < 4.78 is 27.1. The van der Waals surface area contributed by atoms with Crippen molar-refractivity contribution in [3.8, 4) is 0 Å². The summed E-state index contributed by atoms with van der Waals surface area (Å²) in [5.74, 6) is 0. The van der Waals surface area contributed by atoms with Gasteiger partial charge < -0.3 is 5.11 Å². The van der Waals surface area contributed by atoms with Gasteiger partial charge in [-0.05, 0) is 23.4 Å². The van der Waals surface area contributed by atoms with Crippen LogP contribution >= 0.6 is 11.3 Å². The molecule has 1 N–H and O–H groups in total. The molecule has 0 saturated carbocycles. The van der Waals surface area contributed by atoms with Gasteiger partial charge in [-0.15, -0.1) is 11.3 Å². The minimum absolute atomic E-state index is 0.254. The summed E-state index contributed by atoms with van der Waals surface area (Å²) in [6.45, 7) is 4.05. The van der Waals surface area contributed by atoms with E-state index in [0.29, 0.717) is 23.5 Å². The zero-order chi connectivity index (χ0) is 15.5. The summed E-state index contributed by atoms with van der Waals surface area (Å²) in [6.07, 6.45) is 0. The maximum Gasteiger partial charge on any atom is 0.244 e. The Balaban J connectivity index is 2.38. The fourth-order valence-electron chi connectivity index (χ4n) is 2.23. The maximum absolute atomic E-state index is 12.9. The molecule has 2 aromatic rings. The number of hydrogen-bond acceptors (Lipinski definition) is 4. The first-order valence-corrected chi connectivity index (χ1v) is 9.04. The number of benzene rings is 1. The lowest BCUT2D eigenvalue weighted by molar-refractivity contribution is 0.282. The van der Waals surface area contributed by atoms with Crippen LogP contribution in [-0.2, 0) is 23.2 Å². The Morgan fingerprint density at radius 1 is 1.24 bits per heavy atom. The van der Waals surface area contributed by atoms with E-state index in [0.717, 1.165) is 5.56 Å². The predicted molar refractivity (Wildman–Crippen MR) is 84.7 cm³/mol. The average Bonchev–Trinajstić information content (AvgIpc) is 2.87. The van der Waals surface area contributed by atoms with E-state index in [-0.39, 0.29) is 11.5 Å². The number of thiophene rings is 1. The molecular formula is C15H19NO3S2. The Morgan fingerprint density at radius 3 is 2.48 bits per heavy atom. The molecule has 0 aliphatic rings. The molecule has 0 saturated heterocycles. The van der Waals surface area contributed by atoms with Crippen molar-refractivity contribution in [2.75, 3.05) is 6.54 Å². The van der Waals surface area contributed by atoms with Gasteiger partial charge in [-0.3, -0.25) is 0 Å². The van der Waals surface area contributed by atoms with Crippen molar-refractivity contribution >= 4 is 21.4 Å². The third-order valence-electron chi connectivity index (χ3n) is 3.29. The van der Waals surface area contributed by atoms with Crippen molar-refractivity contribution in [2.24, 2.45) is 0 Å². The minimum Gasteiger partial charge on any atom is -0.391 e. The lowest BCUT2D eigenvalue weighted by atomic mass is 10.2. The van der Waals surface area contributed by atoms with Crippen LogP contribution in [-0.4, -0.2) is 24.4 Å². The predicted octanol–water partition coefficient (Wildman–Crippen LogP) is 2.76. The number of aliphatic hydroxyl groups is 1. The van der Waals surface area contributed by atoms with Crippen LogP contribution < -0.4 is 0 Å². The van der Waals surface area contributed by atoms with Crippen molar-refractivity contribution in [1.29, 1.82) is 0 Å². The van der Waals surface area contributed by atoms with Crippen LogP contribution in [0, 0.1) is 6.92 Å². The van der Waals surface area contributed by atoms with Gasteiger partial charge in [-0.1, -0.05) is 37.3 Å². The second-order valence-corrected chi connectivity index (χ2v) is 7.58. The van der Waals surface area contributed by atoms with Gasteiger partial charge in [0.25, 0.3) is 0 Å². The van der Waals surface area contributed by atoms with E-state index in [1.54, 1.807) is 12.3 Å². The second-order valence-electron chi connectivity index (χ2n) is 4.75. The molecule has 114 valence electrons. The minimum atomic E-state index is -3.60. The van der Waals surface area contributed by atoms with E-state index in [1.165, 1.54) is 15.6 Å². The number of rotatable bonds is 6. The fraction of sp³-hybridized carbons (Fsp3) is 0.333. The molecule has 0 unspecified atom stereocenters. The normalized spacial score (nSPS) is 12.0. The van der Waals surface area contributed by atoms with Crippen LogP contribution in [0.5, 0.6) is 0 Å². The Kier molecular flexibility index (Phi) is 5.16. The lowest BCUT2D eigenvalue weighted by Gasteiger charge is -2.21. The molecule has 0 amide bonds. The molecule has 6 heteroatoms. The summed E-state index contributed by atoms with van der Waals surface area (Å²) in [4.78, 5) is 0.756. The van der Waals surface area contributed by atoms with Crippen molar-refractivity contribution in [2.45, 2.75) is 31.9 Å². The maximum atomic E-state index is 12.9. The number of hydrogen-bond donors (Lipinski definition) is 1. The highest BCUT2D eigenvalue weighted by molar-refractivity contribution is 7.89. The number of aliphatic hydroxyl groups excluding tert-OH is 1. The highest BCUT2D eigenvalue weighted by Gasteiger charge is 2.28. The standard InChI is InChI=1S/C15H19NO3S2/c1-3-16(9-13-7-5-4-6-8-13)21(18,19)15-12(2)11-20-14(15)10-17/h4-8,11,17H,3,9-10H2,1-2H3. The number of aryl methyl sites for hydroxylation is 1. The van der Waals surface area contributed by atoms with Gasteiger partial charge in [0.15, 0.2) is 0 Å². The Hall–Kier alpha value is -1.21. The Labute approximate surface area is 129 Å². The van der Waals surface area contributed by atoms with Gasteiger partial charge in [-0.25, -0.2) is 8.42 Å². The summed E-state index contributed by atoms with van der Waals surface area (Å²) in [6, 6.07) is 9.51. The van der Waals surface area contributed by atoms with Crippen molar-refractivity contribution in [1.82, 2.24) is 4.31 Å². The molecule has 0 aliphatic carbocycles. The number of sulfonamides is 1. The highest BCUT2D eigenvalue weighted by atomic mass is 32.2. The van der Waals surface area contributed by atoms with Crippen LogP contribution in [0.3, 0.4) is 0 Å². The molecule has 0 fully saturated rings. The van der Waals surface area contributed by atoms with E-state index in [4.69, 9.17) is 0 Å². The molecule has 0 spiro atoms. The molecule has 1 aromatic heterocycles. The second kappa shape index (κ2) is 6.70. The van der Waals surface area contributed by atoms with E-state index in [1.807, 2.05) is 37.3 Å². The van der Waals surface area contributed by atoms with Crippen molar-refractivity contribution < 1.29 is 13.5 Å². The van der Waals surface area contributed by atoms with Gasteiger partial charge in [0.1, 0.15) is 4.90 Å². The topological polar surface area (TPSA) is 57.6 Å². The monoisotopic (exact) mass is 325 g/mol. The molecule has 21 heavy (non-hydrogen) atoms. The quantitative estimate of drug-likeness (QED) is 0.888. The smallest absolute Gasteiger partial charge is 0.244 e. The molecule has 0 radical (unpaired) electrons. The Bertz CT molecular complexity index is 693. The van der Waals surface area contributed by atoms with E-state index < -0.39 is 10.0 Å². The molecule has 0 aliphatic heterocycles.